The molecular weight excluding hydrogens is 266 g/mol. The summed E-state index contributed by atoms with van der Waals surface area (Å²) in [6, 6.07) is 12.9. The number of para-hydroxylation sites is 1. The van der Waals surface area contributed by atoms with Crippen molar-refractivity contribution in [1.82, 2.24) is 0 Å². The second-order valence-electron chi connectivity index (χ2n) is 5.19. The zero-order valence-electron chi connectivity index (χ0n) is 11.8. The number of amides is 1. The molecule has 0 fully saturated rings. The molecule has 1 heterocycles. The van der Waals surface area contributed by atoms with Gasteiger partial charge in [0, 0.05) is 16.8 Å². The van der Waals surface area contributed by atoms with Crippen LogP contribution >= 0.6 is 0 Å². The van der Waals surface area contributed by atoms with Crippen LogP contribution in [-0.4, -0.2) is 11.0 Å². The van der Waals surface area contributed by atoms with Crippen molar-refractivity contribution < 1.29 is 14.6 Å². The van der Waals surface area contributed by atoms with E-state index < -0.39 is 6.10 Å². The second-order valence-corrected chi connectivity index (χ2v) is 5.19. The maximum atomic E-state index is 12.4. The molecule has 2 aromatic rings. The Morgan fingerprint density at radius 1 is 1.19 bits per heavy atom. The Morgan fingerprint density at radius 3 is 2.76 bits per heavy atom. The Hall–Kier alpha value is -2.17. The van der Waals surface area contributed by atoms with Gasteiger partial charge < -0.3 is 15.2 Å². The summed E-state index contributed by atoms with van der Waals surface area (Å²) in [5.41, 5.74) is 4.13. The third-order valence-corrected chi connectivity index (χ3v) is 3.64. The van der Waals surface area contributed by atoms with Crippen molar-refractivity contribution in [1.29, 1.82) is 0 Å². The van der Waals surface area contributed by atoms with E-state index in [9.17, 15) is 9.90 Å². The molecule has 2 aromatic carbocycles. The van der Waals surface area contributed by atoms with Crippen LogP contribution in [0.3, 0.4) is 0 Å². The number of fused-ring (bicyclic) bond motifs is 1. The van der Waals surface area contributed by atoms with Gasteiger partial charge in [0.2, 0.25) is 0 Å². The van der Waals surface area contributed by atoms with Gasteiger partial charge in [0.25, 0.3) is 5.91 Å². The van der Waals surface area contributed by atoms with Crippen LogP contribution in [0.2, 0.25) is 0 Å². The number of carbonyl (C=O) groups is 1. The molecule has 1 amide bonds. The average Bonchev–Trinajstić information content (AvgIpc) is 2.94. The van der Waals surface area contributed by atoms with Gasteiger partial charge in [-0.1, -0.05) is 24.3 Å². The summed E-state index contributed by atoms with van der Waals surface area (Å²) in [6.07, 6.45) is -0.630. The number of hydrogen-bond acceptors (Lipinski definition) is 3. The van der Waals surface area contributed by atoms with Crippen molar-refractivity contribution in [3.8, 4) is 0 Å². The maximum Gasteiger partial charge on any atom is 0.255 e. The van der Waals surface area contributed by atoms with Gasteiger partial charge in [0.15, 0.2) is 0 Å². The van der Waals surface area contributed by atoms with Crippen LogP contribution in [0.1, 0.15) is 40.1 Å². The van der Waals surface area contributed by atoms with E-state index in [4.69, 9.17) is 4.74 Å². The smallest absolute Gasteiger partial charge is 0.255 e. The first-order valence-corrected chi connectivity index (χ1v) is 6.93. The highest BCUT2D eigenvalue weighted by Gasteiger charge is 2.15. The molecule has 0 aliphatic carbocycles. The van der Waals surface area contributed by atoms with Gasteiger partial charge in [-0.25, -0.2) is 0 Å². The first-order valence-electron chi connectivity index (χ1n) is 6.93. The quantitative estimate of drug-likeness (QED) is 0.910. The number of carbonyl (C=O) groups excluding carboxylic acids is 1. The molecule has 0 bridgehead atoms. The van der Waals surface area contributed by atoms with E-state index in [2.05, 4.69) is 5.32 Å². The first kappa shape index (κ1) is 13.8. The number of ether oxygens (including phenoxy) is 1. The summed E-state index contributed by atoms with van der Waals surface area (Å²) in [4.78, 5) is 12.4. The monoisotopic (exact) mass is 283 g/mol. The van der Waals surface area contributed by atoms with E-state index in [1.165, 1.54) is 0 Å². The van der Waals surface area contributed by atoms with Gasteiger partial charge in [-0.05, 0) is 36.2 Å². The lowest BCUT2D eigenvalue weighted by Crippen LogP contribution is -2.14. The fraction of sp³-hybridized carbons (Fsp3) is 0.235. The molecular formula is C17H17NO3. The number of anilines is 1. The molecule has 1 aliphatic rings. The Kier molecular flexibility index (Phi) is 3.73. The number of rotatable bonds is 3. The van der Waals surface area contributed by atoms with Crippen molar-refractivity contribution in [3.05, 3.63) is 64.7 Å². The molecule has 21 heavy (non-hydrogen) atoms. The van der Waals surface area contributed by atoms with Crippen LogP contribution < -0.4 is 5.32 Å². The zero-order valence-corrected chi connectivity index (χ0v) is 11.8. The van der Waals surface area contributed by atoms with Gasteiger partial charge in [-0.15, -0.1) is 0 Å². The Labute approximate surface area is 123 Å². The molecule has 4 heteroatoms. The van der Waals surface area contributed by atoms with Gasteiger partial charge in [-0.2, -0.15) is 0 Å². The summed E-state index contributed by atoms with van der Waals surface area (Å²) < 4.78 is 5.35. The molecule has 1 aliphatic heterocycles. The molecule has 0 saturated heterocycles. The predicted octanol–water partition coefficient (Wildman–Crippen LogP) is 3.02. The Bertz CT molecular complexity index is 679. The van der Waals surface area contributed by atoms with E-state index in [1.54, 1.807) is 25.1 Å². The van der Waals surface area contributed by atoms with Gasteiger partial charge >= 0.3 is 0 Å². The molecule has 0 spiro atoms. The highest BCUT2D eigenvalue weighted by Crippen LogP contribution is 2.24. The lowest BCUT2D eigenvalue weighted by molar-refractivity contribution is 0.102. The van der Waals surface area contributed by atoms with E-state index >= 15 is 0 Å². The molecule has 0 radical (unpaired) electrons. The highest BCUT2D eigenvalue weighted by molar-refractivity contribution is 6.04. The van der Waals surface area contributed by atoms with E-state index in [0.717, 1.165) is 11.1 Å². The number of benzene rings is 2. The largest absolute Gasteiger partial charge is 0.389 e. The minimum Gasteiger partial charge on any atom is -0.389 e. The fourth-order valence-corrected chi connectivity index (χ4v) is 2.48. The summed E-state index contributed by atoms with van der Waals surface area (Å²) in [7, 11) is 0. The summed E-state index contributed by atoms with van der Waals surface area (Å²) >= 11 is 0. The van der Waals surface area contributed by atoms with Crippen LogP contribution in [0.4, 0.5) is 5.69 Å². The predicted molar refractivity (Wildman–Crippen MR) is 80.0 cm³/mol. The number of nitrogens with one attached hydrogen (secondary N) is 1. The van der Waals surface area contributed by atoms with Gasteiger partial charge in [0.05, 0.1) is 19.3 Å². The standard InChI is InChI=1S/C17H17NO3/c1-11(19)15-4-2-3-5-16(15)18-17(20)12-6-7-13-9-21-10-14(13)8-12/h2-8,11,19H,9-10H2,1H3,(H,18,20). The van der Waals surface area contributed by atoms with E-state index in [-0.39, 0.29) is 5.91 Å². The van der Waals surface area contributed by atoms with Crippen LogP contribution in [0.25, 0.3) is 0 Å². The van der Waals surface area contributed by atoms with Gasteiger partial charge in [-0.3, -0.25) is 4.79 Å². The van der Waals surface area contributed by atoms with Crippen LogP contribution in [-0.2, 0) is 18.0 Å². The maximum absolute atomic E-state index is 12.4. The fourth-order valence-electron chi connectivity index (χ4n) is 2.48. The third kappa shape index (κ3) is 2.82. The third-order valence-electron chi connectivity index (χ3n) is 3.64. The van der Waals surface area contributed by atoms with Crippen molar-refractivity contribution in [3.63, 3.8) is 0 Å². The topological polar surface area (TPSA) is 58.6 Å². The van der Waals surface area contributed by atoms with E-state index in [1.807, 2.05) is 24.3 Å². The number of aliphatic hydroxyl groups excluding tert-OH is 1. The molecule has 0 aromatic heterocycles. The molecule has 4 nitrogen and oxygen atoms in total. The molecule has 108 valence electrons. The minimum absolute atomic E-state index is 0.183. The normalized spacial score (nSPS) is 14.6. The molecule has 2 N–H and O–H groups in total. The van der Waals surface area contributed by atoms with E-state index in [0.29, 0.717) is 30.0 Å². The van der Waals surface area contributed by atoms with Crippen molar-refractivity contribution in [2.24, 2.45) is 0 Å². The van der Waals surface area contributed by atoms with Crippen molar-refractivity contribution >= 4 is 11.6 Å². The second kappa shape index (κ2) is 5.68. The highest BCUT2D eigenvalue weighted by atomic mass is 16.5. The number of hydrogen-bond donors (Lipinski definition) is 2. The van der Waals surface area contributed by atoms with Crippen LogP contribution in [0.15, 0.2) is 42.5 Å². The SMILES string of the molecule is CC(O)c1ccccc1NC(=O)c1ccc2c(c1)COC2. The van der Waals surface area contributed by atoms with Crippen molar-refractivity contribution in [2.45, 2.75) is 26.2 Å². The number of aliphatic hydroxyl groups is 1. The Balaban J connectivity index is 1.84. The molecule has 0 saturated carbocycles. The summed E-state index contributed by atoms with van der Waals surface area (Å²) in [5.74, 6) is -0.183. The summed E-state index contributed by atoms with van der Waals surface area (Å²) in [6.45, 7) is 2.85. The molecule has 3 rings (SSSR count). The van der Waals surface area contributed by atoms with Crippen LogP contribution in [0.5, 0.6) is 0 Å². The zero-order chi connectivity index (χ0) is 14.8. The summed E-state index contributed by atoms with van der Waals surface area (Å²) in [5, 5.41) is 12.6. The first-order chi connectivity index (χ1) is 10.1. The Morgan fingerprint density at radius 2 is 1.95 bits per heavy atom. The van der Waals surface area contributed by atoms with Crippen LogP contribution in [0, 0.1) is 0 Å². The molecule has 1 unspecified atom stereocenters. The lowest BCUT2D eigenvalue weighted by atomic mass is 10.0. The van der Waals surface area contributed by atoms with Gasteiger partial charge in [0.1, 0.15) is 0 Å². The minimum atomic E-state index is -0.630. The average molecular weight is 283 g/mol. The van der Waals surface area contributed by atoms with Crippen molar-refractivity contribution in [2.75, 3.05) is 5.32 Å². The lowest BCUT2D eigenvalue weighted by Gasteiger charge is -2.13. The molecule has 1 atom stereocenters.